The van der Waals surface area contributed by atoms with Gasteiger partial charge in [-0.25, -0.2) is 15.0 Å². The van der Waals surface area contributed by atoms with Gasteiger partial charge in [0.2, 0.25) is 0 Å². The number of nitrogens with one attached hydrogen (secondary N) is 2. The number of fused-ring (bicyclic) bond motifs is 1. The molecule has 0 aliphatic carbocycles. The smallest absolute Gasteiger partial charge is 0.358 e. The molecule has 0 aliphatic heterocycles. The second kappa shape index (κ2) is 7.00. The molecule has 3 aromatic heterocycles. The van der Waals surface area contributed by atoms with E-state index in [2.05, 4.69) is 30.4 Å². The Morgan fingerprint density at radius 1 is 1.24 bits per heavy atom. The van der Waals surface area contributed by atoms with E-state index in [4.69, 9.17) is 4.52 Å². The number of hydrogen-bond acceptors (Lipinski definition) is 6. The predicted molar refractivity (Wildman–Crippen MR) is 94.5 cm³/mol. The quantitative estimate of drug-likeness (QED) is 0.541. The Morgan fingerprint density at radius 3 is 2.79 bits per heavy atom. The van der Waals surface area contributed by atoms with Crippen molar-refractivity contribution < 1.29 is 22.5 Å². The highest BCUT2D eigenvalue weighted by atomic mass is 19.4. The van der Waals surface area contributed by atoms with Gasteiger partial charge in [-0.3, -0.25) is 4.79 Å². The Balaban J connectivity index is 1.54. The summed E-state index contributed by atoms with van der Waals surface area (Å²) in [5.41, 5.74) is 0.312. The molecule has 0 saturated heterocycles. The summed E-state index contributed by atoms with van der Waals surface area (Å²) in [5.74, 6) is 0.184. The number of alkyl halides is 3. The number of hydrogen-bond donors (Lipinski definition) is 2. The molecule has 1 unspecified atom stereocenters. The fourth-order valence-electron chi connectivity index (χ4n) is 2.68. The van der Waals surface area contributed by atoms with E-state index in [9.17, 15) is 18.0 Å². The van der Waals surface area contributed by atoms with Crippen LogP contribution in [0.2, 0.25) is 0 Å². The fourth-order valence-corrected chi connectivity index (χ4v) is 2.68. The molecule has 0 spiro atoms. The average molecular weight is 402 g/mol. The van der Waals surface area contributed by atoms with Crippen LogP contribution in [0.3, 0.4) is 0 Å². The molecule has 0 radical (unpaired) electrons. The number of aromatic nitrogens is 5. The molecular weight excluding hydrogens is 389 g/mol. The van der Waals surface area contributed by atoms with Gasteiger partial charge < -0.3 is 14.8 Å². The first-order valence-corrected chi connectivity index (χ1v) is 8.42. The van der Waals surface area contributed by atoms with Crippen molar-refractivity contribution in [3.05, 3.63) is 59.9 Å². The molecular formula is C18H13F3N6O2. The molecule has 2 N–H and O–H groups in total. The van der Waals surface area contributed by atoms with E-state index in [1.807, 2.05) is 0 Å². The van der Waals surface area contributed by atoms with Crippen molar-refractivity contribution in [2.75, 3.05) is 0 Å². The summed E-state index contributed by atoms with van der Waals surface area (Å²) in [6.07, 6.45) is -1.74. The first-order valence-electron chi connectivity index (χ1n) is 8.42. The number of amides is 1. The summed E-state index contributed by atoms with van der Waals surface area (Å²) >= 11 is 0. The van der Waals surface area contributed by atoms with E-state index >= 15 is 0 Å². The Labute approximate surface area is 161 Å². The van der Waals surface area contributed by atoms with Crippen LogP contribution < -0.4 is 5.32 Å². The molecule has 0 fully saturated rings. The number of carbonyl (C=O) groups is 1. The zero-order valence-electron chi connectivity index (χ0n) is 14.9. The van der Waals surface area contributed by atoms with Crippen molar-refractivity contribution >= 4 is 16.9 Å². The Kier molecular flexibility index (Phi) is 4.49. The Hall–Kier alpha value is -3.76. The van der Waals surface area contributed by atoms with Crippen LogP contribution in [0.1, 0.15) is 34.8 Å². The highest BCUT2D eigenvalue weighted by Crippen LogP contribution is 2.31. The predicted octanol–water partition coefficient (Wildman–Crippen LogP) is 3.52. The van der Waals surface area contributed by atoms with Crippen LogP contribution in [0.4, 0.5) is 13.2 Å². The van der Waals surface area contributed by atoms with Crippen LogP contribution >= 0.6 is 0 Å². The molecule has 0 aliphatic rings. The van der Waals surface area contributed by atoms with Crippen LogP contribution in [-0.4, -0.2) is 31.0 Å². The van der Waals surface area contributed by atoms with E-state index in [1.54, 1.807) is 13.0 Å². The van der Waals surface area contributed by atoms with E-state index in [0.717, 1.165) is 12.1 Å². The molecule has 3 heterocycles. The molecule has 0 saturated carbocycles. The molecule has 1 atom stereocenters. The molecule has 0 bridgehead atoms. The number of nitrogens with zero attached hydrogens (tertiary/aromatic N) is 4. The van der Waals surface area contributed by atoms with Crippen molar-refractivity contribution in [3.8, 4) is 11.5 Å². The highest BCUT2D eigenvalue weighted by Gasteiger charge is 2.30. The normalized spacial score (nSPS) is 12.8. The lowest BCUT2D eigenvalue weighted by Gasteiger charge is -2.09. The summed E-state index contributed by atoms with van der Waals surface area (Å²) in [6, 6.07) is 5.72. The number of rotatable bonds is 4. The molecule has 29 heavy (non-hydrogen) atoms. The number of aromatic amines is 1. The standard InChI is InChI=1S/C18H13F3N6O2/c1-9(24-17(28)12-4-5-22-8-23-12)15-7-14(27-29-15)16-25-11-3-2-10(18(19,20)21)6-13(11)26-16/h2-9H,1H3,(H,24,28)(H,25,26). The van der Waals surface area contributed by atoms with Gasteiger partial charge in [0.1, 0.15) is 17.7 Å². The maximum Gasteiger partial charge on any atom is 0.416 e. The van der Waals surface area contributed by atoms with Gasteiger partial charge in [0.25, 0.3) is 5.91 Å². The molecule has 1 amide bonds. The topological polar surface area (TPSA) is 110 Å². The van der Waals surface area contributed by atoms with Crippen molar-refractivity contribution in [3.63, 3.8) is 0 Å². The van der Waals surface area contributed by atoms with Gasteiger partial charge in [0, 0.05) is 12.3 Å². The molecule has 4 rings (SSSR count). The summed E-state index contributed by atoms with van der Waals surface area (Å²) in [6.45, 7) is 1.69. The minimum atomic E-state index is -4.45. The van der Waals surface area contributed by atoms with Crippen molar-refractivity contribution in [2.45, 2.75) is 19.1 Å². The largest absolute Gasteiger partial charge is 0.416 e. The maximum atomic E-state index is 12.9. The third-order valence-corrected chi connectivity index (χ3v) is 4.17. The lowest BCUT2D eigenvalue weighted by molar-refractivity contribution is -0.137. The van der Waals surface area contributed by atoms with Gasteiger partial charge in [-0.05, 0) is 31.2 Å². The Morgan fingerprint density at radius 2 is 2.07 bits per heavy atom. The van der Waals surface area contributed by atoms with Crippen molar-refractivity contribution in [1.29, 1.82) is 0 Å². The van der Waals surface area contributed by atoms with Gasteiger partial charge in [-0.2, -0.15) is 13.2 Å². The second-order valence-corrected chi connectivity index (χ2v) is 6.22. The summed E-state index contributed by atoms with van der Waals surface area (Å²) in [5, 5.41) is 6.60. The van der Waals surface area contributed by atoms with Gasteiger partial charge in [0.05, 0.1) is 22.6 Å². The van der Waals surface area contributed by atoms with Gasteiger partial charge in [0.15, 0.2) is 11.6 Å². The van der Waals surface area contributed by atoms with E-state index in [0.29, 0.717) is 17.0 Å². The Bertz CT molecular complexity index is 1170. The SMILES string of the molecule is CC(NC(=O)c1ccncn1)c1cc(-c2nc3ccc(C(F)(F)F)cc3[nH]2)no1. The minimum absolute atomic E-state index is 0.198. The van der Waals surface area contributed by atoms with Crippen molar-refractivity contribution in [2.24, 2.45) is 0 Å². The zero-order valence-corrected chi connectivity index (χ0v) is 14.9. The molecule has 8 nitrogen and oxygen atoms in total. The molecule has 4 aromatic rings. The summed E-state index contributed by atoms with van der Waals surface area (Å²) in [4.78, 5) is 26.8. The molecule has 148 valence electrons. The van der Waals surface area contributed by atoms with E-state index in [1.165, 1.54) is 24.7 Å². The van der Waals surface area contributed by atoms with Crippen LogP contribution in [0.5, 0.6) is 0 Å². The molecule has 11 heteroatoms. The highest BCUT2D eigenvalue weighted by molar-refractivity contribution is 5.92. The van der Waals surface area contributed by atoms with Crippen LogP contribution in [0, 0.1) is 0 Å². The fraction of sp³-hybridized carbons (Fsp3) is 0.167. The average Bonchev–Trinajstić information content (AvgIpc) is 3.34. The zero-order chi connectivity index (χ0) is 20.6. The van der Waals surface area contributed by atoms with Gasteiger partial charge >= 0.3 is 6.18 Å². The third-order valence-electron chi connectivity index (χ3n) is 4.17. The molecule has 1 aromatic carbocycles. The number of halogens is 3. The third kappa shape index (κ3) is 3.79. The van der Waals surface area contributed by atoms with Gasteiger partial charge in [-0.15, -0.1) is 0 Å². The first-order chi connectivity index (χ1) is 13.8. The first kappa shape index (κ1) is 18.6. The summed E-state index contributed by atoms with van der Waals surface area (Å²) < 4.78 is 43.8. The van der Waals surface area contributed by atoms with Crippen LogP contribution in [0.25, 0.3) is 22.6 Å². The monoisotopic (exact) mass is 402 g/mol. The minimum Gasteiger partial charge on any atom is -0.358 e. The van der Waals surface area contributed by atoms with E-state index in [-0.39, 0.29) is 17.0 Å². The van der Waals surface area contributed by atoms with Crippen LogP contribution in [-0.2, 0) is 6.18 Å². The number of benzene rings is 1. The number of carbonyl (C=O) groups excluding carboxylic acids is 1. The maximum absolute atomic E-state index is 12.9. The van der Waals surface area contributed by atoms with Crippen LogP contribution in [0.15, 0.2) is 47.4 Å². The lowest BCUT2D eigenvalue weighted by atomic mass is 10.2. The summed E-state index contributed by atoms with van der Waals surface area (Å²) in [7, 11) is 0. The van der Waals surface area contributed by atoms with Crippen molar-refractivity contribution in [1.82, 2.24) is 30.4 Å². The number of H-pyrrole nitrogens is 1. The van der Waals surface area contributed by atoms with E-state index < -0.39 is 23.7 Å². The second-order valence-electron chi connectivity index (χ2n) is 6.22. The number of imidazole rings is 1. The lowest BCUT2D eigenvalue weighted by Crippen LogP contribution is -2.27. The van der Waals surface area contributed by atoms with Gasteiger partial charge in [-0.1, -0.05) is 5.16 Å².